The predicted octanol–water partition coefficient (Wildman–Crippen LogP) is 12.6. The van der Waals surface area contributed by atoms with Gasteiger partial charge in [-0.25, -0.2) is 0 Å². The molecule has 0 aromatic heterocycles. The summed E-state index contributed by atoms with van der Waals surface area (Å²) in [5, 5.41) is 0. The fourth-order valence-corrected chi connectivity index (χ4v) is 8.88. The van der Waals surface area contributed by atoms with Crippen LogP contribution in [0, 0.1) is 0 Å². The fourth-order valence-electron chi connectivity index (χ4n) is 8.88. The van der Waals surface area contributed by atoms with Gasteiger partial charge in [-0.1, -0.05) is 72.8 Å². The van der Waals surface area contributed by atoms with E-state index in [1.807, 2.05) is 48.5 Å². The summed E-state index contributed by atoms with van der Waals surface area (Å²) in [5.74, 6) is 5.81. The lowest BCUT2D eigenvalue weighted by molar-refractivity contribution is 0.268. The zero-order chi connectivity index (χ0) is 43.8. The van der Waals surface area contributed by atoms with E-state index >= 15 is 0 Å². The van der Waals surface area contributed by atoms with Gasteiger partial charge in [0.05, 0.1) is 0 Å². The van der Waals surface area contributed by atoms with Gasteiger partial charge in [0.15, 0.2) is 0 Å². The molecule has 0 N–H and O–H groups in total. The molecule has 8 aromatic rings. The number of ether oxygens (including phenoxy) is 8. The second-order valence-corrected chi connectivity index (χ2v) is 16.9. The van der Waals surface area contributed by atoms with Crippen LogP contribution >= 0.6 is 0 Å². The molecule has 0 saturated heterocycles. The molecule has 12 aliphatic rings. The molecule has 66 heavy (non-hydrogen) atoms. The van der Waals surface area contributed by atoms with Crippen molar-refractivity contribution >= 4 is 11.1 Å². The molecule has 0 atom stereocenters. The van der Waals surface area contributed by atoms with E-state index in [0.29, 0.717) is 26.4 Å². The first kappa shape index (κ1) is 39.5. The Hall–Kier alpha value is -8.10. The summed E-state index contributed by atoms with van der Waals surface area (Å²) in [6, 6.07) is 58.0. The van der Waals surface area contributed by atoms with Crippen LogP contribution in [0.25, 0.3) is 11.1 Å². The van der Waals surface area contributed by atoms with E-state index in [9.17, 15) is 0 Å². The topological polar surface area (TPSA) is 73.8 Å². The van der Waals surface area contributed by atoms with Gasteiger partial charge in [-0.05, 0) is 153 Å². The lowest BCUT2D eigenvalue weighted by Gasteiger charge is -2.23. The Balaban J connectivity index is 1.17. The van der Waals surface area contributed by atoms with Gasteiger partial charge in [-0.3, -0.25) is 0 Å². The van der Waals surface area contributed by atoms with Crippen molar-refractivity contribution in [1.82, 2.24) is 0 Å². The highest BCUT2D eigenvalue weighted by molar-refractivity contribution is 6.05. The van der Waals surface area contributed by atoms with Crippen LogP contribution in [-0.4, -0.2) is 0 Å². The molecule has 324 valence electrons. The molecule has 0 radical (unpaired) electrons. The lowest BCUT2D eigenvalue weighted by atomic mass is 9.83. The standard InChI is InChI=1S/C58H44O8/c1-2-38-4-3-37(1)29-63-53-21-9-41-25-45(53)33-59-49-13-15-51(16-14-49)61-35-47-27-43-11-23-55(47)65-31-39-5-7-40(8-6-39)32-66-56-24-12-44-28-48(56)36-62-52-19-17-50(18-20-52)60-34-46-26-42(58(44)57(41)43)10-22-54(46)64-30-38/h1-28H,29-36H2. The van der Waals surface area contributed by atoms with Gasteiger partial charge in [-0.2, -0.15) is 0 Å². The molecular weight excluding hydrogens is 825 g/mol. The zero-order valence-electron chi connectivity index (χ0n) is 36.1. The summed E-state index contributed by atoms with van der Waals surface area (Å²) in [4.78, 5) is 0. The molecule has 20 rings (SSSR count). The highest BCUT2D eigenvalue weighted by Gasteiger charge is 2.24. The van der Waals surface area contributed by atoms with Crippen molar-refractivity contribution < 1.29 is 37.9 Å². The maximum absolute atomic E-state index is 6.65. The quantitative estimate of drug-likeness (QED) is 0.149. The number of rotatable bonds is 0. The SMILES string of the molecule is c1cc2ccc1COc1ccc3cc1COc1ccc(cc1)OCc1cc4ccc1OCc1ccc(cc1)COc1ccc5cc1COc1ccc(cc1)OCc1cc(ccc1OC2)C5=C34. The van der Waals surface area contributed by atoms with Gasteiger partial charge in [-0.15, -0.1) is 0 Å². The van der Waals surface area contributed by atoms with Gasteiger partial charge in [0.2, 0.25) is 0 Å². The van der Waals surface area contributed by atoms with E-state index in [0.717, 1.165) is 124 Å². The minimum atomic E-state index is 0.268. The van der Waals surface area contributed by atoms with Crippen LogP contribution < -0.4 is 37.9 Å². The van der Waals surface area contributed by atoms with Crippen LogP contribution in [0.5, 0.6) is 46.0 Å². The van der Waals surface area contributed by atoms with Crippen molar-refractivity contribution in [2.45, 2.75) is 52.9 Å². The van der Waals surface area contributed by atoms with Crippen molar-refractivity contribution in [3.63, 3.8) is 0 Å². The van der Waals surface area contributed by atoms with E-state index in [4.69, 9.17) is 37.9 Å². The second kappa shape index (κ2) is 17.1. The molecular formula is C58H44O8. The minimum Gasteiger partial charge on any atom is -0.489 e. The van der Waals surface area contributed by atoms with Crippen LogP contribution in [0.3, 0.4) is 0 Å². The van der Waals surface area contributed by atoms with Gasteiger partial charge in [0.25, 0.3) is 0 Å². The molecule has 0 amide bonds. The molecule has 0 fully saturated rings. The monoisotopic (exact) mass is 868 g/mol. The molecule has 12 aliphatic heterocycles. The number of hydrogen-bond acceptors (Lipinski definition) is 8. The van der Waals surface area contributed by atoms with Gasteiger partial charge < -0.3 is 37.9 Å². The van der Waals surface area contributed by atoms with Crippen molar-refractivity contribution in [1.29, 1.82) is 0 Å². The van der Waals surface area contributed by atoms with E-state index < -0.39 is 0 Å². The van der Waals surface area contributed by atoms with Crippen molar-refractivity contribution in [2.24, 2.45) is 0 Å². The number of benzene rings is 8. The average molecular weight is 869 g/mol. The fraction of sp³-hybridized carbons (Fsp3) is 0.138. The number of hydrogen-bond donors (Lipinski definition) is 0. The van der Waals surface area contributed by atoms with Crippen molar-refractivity contribution in [3.8, 4) is 46.0 Å². The van der Waals surface area contributed by atoms with Gasteiger partial charge in [0.1, 0.15) is 98.9 Å². The predicted molar refractivity (Wildman–Crippen MR) is 251 cm³/mol. The molecule has 8 heteroatoms. The maximum atomic E-state index is 6.65. The zero-order valence-corrected chi connectivity index (χ0v) is 36.1. The molecule has 8 nitrogen and oxygen atoms in total. The third-order valence-electron chi connectivity index (χ3n) is 12.5. The van der Waals surface area contributed by atoms with Crippen LogP contribution in [0.2, 0.25) is 0 Å². The lowest BCUT2D eigenvalue weighted by Crippen LogP contribution is -2.07. The third kappa shape index (κ3) is 8.14. The maximum Gasteiger partial charge on any atom is 0.126 e. The van der Waals surface area contributed by atoms with Crippen molar-refractivity contribution in [2.75, 3.05) is 0 Å². The molecule has 8 aromatic carbocycles. The van der Waals surface area contributed by atoms with Gasteiger partial charge >= 0.3 is 0 Å². The first-order valence-corrected chi connectivity index (χ1v) is 22.3. The van der Waals surface area contributed by atoms with E-state index in [1.54, 1.807) is 0 Å². The first-order chi connectivity index (χ1) is 32.6. The normalized spacial score (nSPS) is 14.8. The van der Waals surface area contributed by atoms with Crippen LogP contribution in [0.15, 0.2) is 170 Å². The molecule has 0 spiro atoms. The molecule has 12 heterocycles. The summed E-state index contributed by atoms with van der Waals surface area (Å²) < 4.78 is 52.7. The Kier molecular flexibility index (Phi) is 10.2. The number of fused-ring (bicyclic) bond motifs is 9. The summed E-state index contributed by atoms with van der Waals surface area (Å²) in [6.45, 7) is 2.59. The smallest absolute Gasteiger partial charge is 0.126 e. The third-order valence-corrected chi connectivity index (χ3v) is 12.5. The van der Waals surface area contributed by atoms with E-state index in [2.05, 4.69) is 121 Å². The molecule has 0 aliphatic carbocycles. The summed E-state index contributed by atoms with van der Waals surface area (Å²) in [7, 11) is 0. The second-order valence-electron chi connectivity index (χ2n) is 16.9. The first-order valence-electron chi connectivity index (χ1n) is 22.3. The Morgan fingerprint density at radius 1 is 0.212 bits per heavy atom. The Labute approximate surface area is 383 Å². The Morgan fingerprint density at radius 3 is 0.667 bits per heavy atom. The minimum absolute atomic E-state index is 0.268. The Morgan fingerprint density at radius 2 is 0.439 bits per heavy atom. The highest BCUT2D eigenvalue weighted by Crippen LogP contribution is 2.43. The Bertz CT molecular complexity index is 2700. The average Bonchev–Trinajstić information content (AvgIpc) is 3.37. The largest absolute Gasteiger partial charge is 0.489 e. The molecule has 0 unspecified atom stereocenters. The molecule has 0 saturated carbocycles. The van der Waals surface area contributed by atoms with Crippen molar-refractivity contribution in [3.05, 3.63) is 237 Å². The van der Waals surface area contributed by atoms with Gasteiger partial charge in [0, 0.05) is 22.3 Å². The van der Waals surface area contributed by atoms with E-state index in [1.165, 1.54) is 0 Å². The van der Waals surface area contributed by atoms with Crippen LogP contribution in [0.1, 0.15) is 66.8 Å². The highest BCUT2D eigenvalue weighted by atomic mass is 16.5. The summed E-state index contributed by atoms with van der Waals surface area (Å²) in [5.41, 5.74) is 13.6. The molecule has 22 bridgehead atoms. The summed E-state index contributed by atoms with van der Waals surface area (Å²) >= 11 is 0. The van der Waals surface area contributed by atoms with Crippen LogP contribution in [0.4, 0.5) is 0 Å². The summed E-state index contributed by atoms with van der Waals surface area (Å²) in [6.07, 6.45) is 0. The van der Waals surface area contributed by atoms with E-state index in [-0.39, 0.29) is 26.4 Å². The van der Waals surface area contributed by atoms with Crippen LogP contribution in [-0.2, 0) is 52.9 Å².